The Bertz CT molecular complexity index is 988. The van der Waals surface area contributed by atoms with Gasteiger partial charge in [0.2, 0.25) is 5.91 Å². The Morgan fingerprint density at radius 1 is 0.968 bits per heavy atom. The number of nitrogens with zero attached hydrogens (tertiary/aromatic N) is 2. The number of rotatable bonds is 4. The second kappa shape index (κ2) is 10.0. The monoisotopic (exact) mass is 440 g/mol. The van der Waals surface area contributed by atoms with Gasteiger partial charge in [-0.2, -0.15) is 0 Å². The van der Waals surface area contributed by atoms with E-state index in [-0.39, 0.29) is 16.9 Å². The summed E-state index contributed by atoms with van der Waals surface area (Å²) in [6.07, 6.45) is 0. The molecule has 0 aromatic heterocycles. The zero-order valence-corrected chi connectivity index (χ0v) is 18.2. The van der Waals surface area contributed by atoms with Crippen molar-refractivity contribution in [1.82, 2.24) is 10.2 Å². The minimum atomic E-state index is -0.474. The highest BCUT2D eigenvalue weighted by Gasteiger charge is 2.24. The lowest BCUT2D eigenvalue weighted by Crippen LogP contribution is -2.49. The molecule has 162 valence electrons. The van der Waals surface area contributed by atoms with Crippen LogP contribution in [0.2, 0.25) is 0 Å². The summed E-state index contributed by atoms with van der Waals surface area (Å²) in [6.45, 7) is 3.70. The first kappa shape index (κ1) is 22.2. The summed E-state index contributed by atoms with van der Waals surface area (Å²) in [4.78, 5) is 39.9. The second-order valence-electron chi connectivity index (χ2n) is 7.00. The van der Waals surface area contributed by atoms with E-state index < -0.39 is 5.97 Å². The molecular weight excluding hydrogens is 416 g/mol. The van der Waals surface area contributed by atoms with Crippen LogP contribution in [0.25, 0.3) is 0 Å². The van der Waals surface area contributed by atoms with Gasteiger partial charge in [-0.05, 0) is 42.5 Å². The van der Waals surface area contributed by atoms with E-state index in [0.29, 0.717) is 43.0 Å². The lowest BCUT2D eigenvalue weighted by atomic mass is 10.1. The highest BCUT2D eigenvalue weighted by atomic mass is 32.1. The Balaban J connectivity index is 1.77. The summed E-state index contributed by atoms with van der Waals surface area (Å²) < 4.78 is 4.80. The third-order valence-corrected chi connectivity index (χ3v) is 5.09. The van der Waals surface area contributed by atoms with E-state index in [1.165, 1.54) is 14.0 Å². The molecule has 0 spiro atoms. The first-order chi connectivity index (χ1) is 14.9. The molecule has 2 amide bonds. The predicted molar refractivity (Wildman–Crippen MR) is 122 cm³/mol. The number of hydrogen-bond acceptors (Lipinski definition) is 6. The summed E-state index contributed by atoms with van der Waals surface area (Å²) >= 11 is 5.19. The molecule has 0 saturated carbocycles. The molecule has 1 saturated heterocycles. The number of piperazine rings is 1. The maximum Gasteiger partial charge on any atom is 0.337 e. The molecule has 1 aliphatic heterocycles. The zero-order chi connectivity index (χ0) is 22.4. The maximum absolute atomic E-state index is 12.7. The van der Waals surface area contributed by atoms with E-state index in [4.69, 9.17) is 17.0 Å². The van der Waals surface area contributed by atoms with Crippen LogP contribution in [0.15, 0.2) is 48.5 Å². The molecule has 0 aliphatic carbocycles. The number of anilines is 2. The van der Waals surface area contributed by atoms with E-state index in [2.05, 4.69) is 15.5 Å². The van der Waals surface area contributed by atoms with Crippen molar-refractivity contribution < 1.29 is 19.1 Å². The van der Waals surface area contributed by atoms with Gasteiger partial charge in [-0.15, -0.1) is 0 Å². The van der Waals surface area contributed by atoms with Crippen molar-refractivity contribution >= 4 is 46.5 Å². The molecule has 2 aromatic rings. The molecule has 2 aromatic carbocycles. The average Bonchev–Trinajstić information content (AvgIpc) is 2.78. The quantitative estimate of drug-likeness (QED) is 0.557. The highest BCUT2D eigenvalue weighted by molar-refractivity contribution is 7.80. The van der Waals surface area contributed by atoms with Gasteiger partial charge in [0.15, 0.2) is 5.11 Å². The van der Waals surface area contributed by atoms with Crippen LogP contribution in [0.3, 0.4) is 0 Å². The minimum absolute atomic E-state index is 0.00599. The van der Waals surface area contributed by atoms with Crippen LogP contribution in [0.5, 0.6) is 0 Å². The molecule has 1 aliphatic rings. The number of thiocarbonyl (C=S) groups is 1. The summed E-state index contributed by atoms with van der Waals surface area (Å²) in [7, 11) is 1.31. The van der Waals surface area contributed by atoms with Crippen molar-refractivity contribution in [3.8, 4) is 0 Å². The van der Waals surface area contributed by atoms with Crippen LogP contribution in [-0.4, -0.2) is 61.1 Å². The van der Waals surface area contributed by atoms with Crippen molar-refractivity contribution in [2.45, 2.75) is 6.92 Å². The molecule has 0 atom stereocenters. The summed E-state index contributed by atoms with van der Waals surface area (Å²) in [6, 6.07) is 14.3. The Kier molecular flexibility index (Phi) is 7.19. The van der Waals surface area contributed by atoms with Crippen molar-refractivity contribution in [2.24, 2.45) is 0 Å². The number of hydrogen-bond donors (Lipinski definition) is 2. The van der Waals surface area contributed by atoms with Gasteiger partial charge in [0.05, 0.1) is 24.0 Å². The number of carbonyl (C=O) groups is 3. The van der Waals surface area contributed by atoms with Gasteiger partial charge in [0.1, 0.15) is 0 Å². The van der Waals surface area contributed by atoms with Crippen molar-refractivity contribution in [2.75, 3.05) is 43.5 Å². The SMILES string of the molecule is COC(=O)c1ccc(N2CCN(C(=O)c3ccccc3)CC2)c(NC(=S)NC(C)=O)c1. The van der Waals surface area contributed by atoms with Gasteiger partial charge in [-0.25, -0.2) is 4.79 Å². The van der Waals surface area contributed by atoms with E-state index in [9.17, 15) is 14.4 Å². The standard InChI is InChI=1S/C22H24N4O4S/c1-15(27)23-22(31)24-18-14-17(21(29)30-2)8-9-19(18)25-10-12-26(13-11-25)20(28)16-6-4-3-5-7-16/h3-9,14H,10-13H2,1-2H3,(H2,23,24,27,31). The van der Waals surface area contributed by atoms with Crippen LogP contribution in [0.1, 0.15) is 27.6 Å². The fraction of sp³-hybridized carbons (Fsp3) is 0.273. The number of benzene rings is 2. The fourth-order valence-corrected chi connectivity index (χ4v) is 3.64. The van der Waals surface area contributed by atoms with Gasteiger partial charge in [0.25, 0.3) is 5.91 Å². The summed E-state index contributed by atoms with van der Waals surface area (Å²) in [5, 5.41) is 5.64. The predicted octanol–water partition coefficient (Wildman–Crippen LogP) is 2.27. The maximum atomic E-state index is 12.7. The highest BCUT2D eigenvalue weighted by Crippen LogP contribution is 2.29. The normalized spacial score (nSPS) is 13.4. The fourth-order valence-electron chi connectivity index (χ4n) is 3.38. The molecule has 31 heavy (non-hydrogen) atoms. The molecule has 0 radical (unpaired) electrons. The van der Waals surface area contributed by atoms with Crippen LogP contribution in [0, 0.1) is 0 Å². The molecule has 1 heterocycles. The van der Waals surface area contributed by atoms with Crippen molar-refractivity contribution in [3.05, 3.63) is 59.7 Å². The number of methoxy groups -OCH3 is 1. The first-order valence-electron chi connectivity index (χ1n) is 9.79. The van der Waals surface area contributed by atoms with Crippen LogP contribution in [-0.2, 0) is 9.53 Å². The van der Waals surface area contributed by atoms with E-state index in [1.54, 1.807) is 18.2 Å². The number of esters is 1. The number of ether oxygens (including phenoxy) is 1. The number of carbonyl (C=O) groups excluding carboxylic acids is 3. The topological polar surface area (TPSA) is 91.0 Å². The van der Waals surface area contributed by atoms with Crippen LogP contribution < -0.4 is 15.5 Å². The molecule has 2 N–H and O–H groups in total. The van der Waals surface area contributed by atoms with E-state index >= 15 is 0 Å². The van der Waals surface area contributed by atoms with Gasteiger partial charge in [-0.3, -0.25) is 9.59 Å². The van der Waals surface area contributed by atoms with E-state index in [0.717, 1.165) is 5.69 Å². The number of nitrogens with one attached hydrogen (secondary N) is 2. The zero-order valence-electron chi connectivity index (χ0n) is 17.4. The molecule has 9 heteroatoms. The van der Waals surface area contributed by atoms with Gasteiger partial charge in [0, 0.05) is 38.7 Å². The van der Waals surface area contributed by atoms with Gasteiger partial charge < -0.3 is 25.2 Å². The lowest BCUT2D eigenvalue weighted by molar-refractivity contribution is -0.117. The Morgan fingerprint density at radius 2 is 1.65 bits per heavy atom. The average molecular weight is 441 g/mol. The minimum Gasteiger partial charge on any atom is -0.465 e. The third-order valence-electron chi connectivity index (χ3n) is 4.88. The van der Waals surface area contributed by atoms with Crippen molar-refractivity contribution in [3.63, 3.8) is 0 Å². The number of amides is 2. The summed E-state index contributed by atoms with van der Waals surface area (Å²) in [5.74, 6) is -0.763. The molecule has 1 fully saturated rings. The molecule has 0 bridgehead atoms. The second-order valence-corrected chi connectivity index (χ2v) is 7.41. The Labute approximate surface area is 186 Å². The van der Waals surface area contributed by atoms with Crippen molar-refractivity contribution in [1.29, 1.82) is 0 Å². The van der Waals surface area contributed by atoms with E-state index in [1.807, 2.05) is 35.2 Å². The molecule has 0 unspecified atom stereocenters. The molecule has 3 rings (SSSR count). The smallest absolute Gasteiger partial charge is 0.337 e. The lowest BCUT2D eigenvalue weighted by Gasteiger charge is -2.37. The van der Waals surface area contributed by atoms with Gasteiger partial charge in [-0.1, -0.05) is 18.2 Å². The third kappa shape index (κ3) is 5.58. The van der Waals surface area contributed by atoms with Crippen LogP contribution in [0.4, 0.5) is 11.4 Å². The largest absolute Gasteiger partial charge is 0.465 e. The summed E-state index contributed by atoms with van der Waals surface area (Å²) in [5.41, 5.74) is 2.41. The van der Waals surface area contributed by atoms with Crippen LogP contribution >= 0.6 is 12.2 Å². The molecular formula is C22H24N4O4S. The first-order valence-corrected chi connectivity index (χ1v) is 10.2. The van der Waals surface area contributed by atoms with Gasteiger partial charge >= 0.3 is 5.97 Å². The Hall–Kier alpha value is -3.46. The molecule has 8 nitrogen and oxygen atoms in total. The Morgan fingerprint density at radius 3 is 2.26 bits per heavy atom.